The maximum atomic E-state index is 13.0. The number of nitrogens with zero attached hydrogens (tertiary/aromatic N) is 1. The van der Waals surface area contributed by atoms with Crippen molar-refractivity contribution in [1.82, 2.24) is 4.98 Å². The van der Waals surface area contributed by atoms with Crippen molar-refractivity contribution < 1.29 is 24.1 Å². The summed E-state index contributed by atoms with van der Waals surface area (Å²) in [4.78, 5) is 3.80. The Morgan fingerprint density at radius 3 is 2.60 bits per heavy atom. The number of aromatic nitrogens is 1. The number of methoxy groups -OCH3 is 1. The quantitative estimate of drug-likeness (QED) is 0.876. The van der Waals surface area contributed by atoms with Crippen LogP contribution in [0.4, 0.5) is 4.39 Å². The van der Waals surface area contributed by atoms with Gasteiger partial charge in [0.05, 0.1) is 26.5 Å². The molecule has 2 aromatic rings. The Bertz CT molecular complexity index is 604. The smallest absolute Gasteiger partial charge is 0.225 e. The molecule has 0 saturated heterocycles. The van der Waals surface area contributed by atoms with Gasteiger partial charge in [-0.05, 0) is 23.8 Å². The van der Waals surface area contributed by atoms with Crippen LogP contribution in [-0.4, -0.2) is 22.3 Å². The number of hydrogen-bond donors (Lipinski definition) is 2. The highest BCUT2D eigenvalue weighted by atomic mass is 19.1. The molecule has 0 amide bonds. The number of aliphatic hydroxyl groups excluding tert-OH is 2. The Kier molecular flexibility index (Phi) is 4.49. The van der Waals surface area contributed by atoms with Crippen molar-refractivity contribution in [2.75, 3.05) is 7.11 Å². The van der Waals surface area contributed by atoms with Crippen molar-refractivity contribution in [3.05, 3.63) is 47.4 Å². The van der Waals surface area contributed by atoms with Crippen LogP contribution in [0, 0.1) is 5.82 Å². The molecular formula is C14H14FNO4. The maximum Gasteiger partial charge on any atom is 0.225 e. The fourth-order valence-electron chi connectivity index (χ4n) is 1.67. The van der Waals surface area contributed by atoms with Gasteiger partial charge in [0, 0.05) is 5.56 Å². The van der Waals surface area contributed by atoms with E-state index >= 15 is 0 Å². The minimum Gasteiger partial charge on any atom is -0.493 e. The van der Waals surface area contributed by atoms with Crippen molar-refractivity contribution in [2.45, 2.75) is 13.2 Å². The Balaban J connectivity index is 2.34. The lowest BCUT2D eigenvalue weighted by Crippen LogP contribution is -1.98. The number of aliphatic hydroxyl groups is 2. The van der Waals surface area contributed by atoms with Crippen molar-refractivity contribution in [3.8, 4) is 17.4 Å². The first-order valence-electron chi connectivity index (χ1n) is 5.89. The number of ether oxygens (including phenoxy) is 2. The predicted octanol–water partition coefficient (Wildman–Crippen LogP) is 2.01. The average Bonchev–Trinajstić information content (AvgIpc) is 2.49. The fraction of sp³-hybridized carbons (Fsp3) is 0.214. The zero-order valence-electron chi connectivity index (χ0n) is 10.8. The van der Waals surface area contributed by atoms with E-state index in [-0.39, 0.29) is 18.1 Å². The van der Waals surface area contributed by atoms with E-state index in [9.17, 15) is 9.50 Å². The first-order chi connectivity index (χ1) is 9.67. The summed E-state index contributed by atoms with van der Waals surface area (Å²) >= 11 is 0. The van der Waals surface area contributed by atoms with Gasteiger partial charge in [0.2, 0.25) is 5.88 Å². The lowest BCUT2D eigenvalue weighted by Gasteiger charge is -2.12. The highest BCUT2D eigenvalue weighted by molar-refractivity contribution is 5.45. The van der Waals surface area contributed by atoms with Crippen LogP contribution in [0.3, 0.4) is 0 Å². The largest absolute Gasteiger partial charge is 0.493 e. The first-order valence-corrected chi connectivity index (χ1v) is 5.89. The highest BCUT2D eigenvalue weighted by Gasteiger charge is 2.11. The van der Waals surface area contributed by atoms with Gasteiger partial charge in [-0.3, -0.25) is 0 Å². The molecule has 1 heterocycles. The Morgan fingerprint density at radius 1 is 1.15 bits per heavy atom. The summed E-state index contributed by atoms with van der Waals surface area (Å²) in [5.74, 6) is 0.318. The third kappa shape index (κ3) is 3.04. The molecule has 0 saturated carbocycles. The molecule has 20 heavy (non-hydrogen) atoms. The summed E-state index contributed by atoms with van der Waals surface area (Å²) in [6, 6.07) is 6.05. The van der Waals surface area contributed by atoms with Crippen LogP contribution in [0.2, 0.25) is 0 Å². The first kappa shape index (κ1) is 14.2. The molecule has 0 radical (unpaired) electrons. The van der Waals surface area contributed by atoms with Crippen molar-refractivity contribution in [3.63, 3.8) is 0 Å². The molecule has 0 fully saturated rings. The molecular weight excluding hydrogens is 265 g/mol. The molecule has 0 bridgehead atoms. The van der Waals surface area contributed by atoms with Gasteiger partial charge >= 0.3 is 0 Å². The molecule has 2 rings (SSSR count). The molecule has 0 aliphatic heterocycles. The molecule has 6 heteroatoms. The monoisotopic (exact) mass is 279 g/mol. The van der Waals surface area contributed by atoms with Gasteiger partial charge in [0.15, 0.2) is 11.5 Å². The standard InChI is InChI=1S/C14H14FNO4/c1-19-13-4-9(7-17)2-3-12(13)20-14-10(8-18)5-11(15)6-16-14/h2-6,17-18H,7-8H2,1H3. The van der Waals surface area contributed by atoms with Gasteiger partial charge in [-0.15, -0.1) is 0 Å². The summed E-state index contributed by atoms with van der Waals surface area (Å²) < 4.78 is 23.7. The number of rotatable bonds is 5. The number of benzene rings is 1. The molecule has 106 valence electrons. The molecule has 2 N–H and O–H groups in total. The van der Waals surface area contributed by atoms with Crippen LogP contribution in [0.5, 0.6) is 17.4 Å². The summed E-state index contributed by atoms with van der Waals surface area (Å²) in [6.07, 6.45) is 1.00. The second-order valence-corrected chi connectivity index (χ2v) is 4.02. The van der Waals surface area contributed by atoms with Crippen LogP contribution in [0.1, 0.15) is 11.1 Å². The van der Waals surface area contributed by atoms with Crippen LogP contribution < -0.4 is 9.47 Å². The predicted molar refractivity (Wildman–Crippen MR) is 69.1 cm³/mol. The van der Waals surface area contributed by atoms with Crippen LogP contribution in [-0.2, 0) is 13.2 Å². The summed E-state index contributed by atoms with van der Waals surface area (Å²) in [5.41, 5.74) is 0.905. The molecule has 0 unspecified atom stereocenters. The topological polar surface area (TPSA) is 71.8 Å². The van der Waals surface area contributed by atoms with Gasteiger partial charge in [-0.2, -0.15) is 0 Å². The maximum absolute atomic E-state index is 13.0. The molecule has 0 aliphatic carbocycles. The Labute approximate surface area is 115 Å². The molecule has 0 aliphatic rings. The fourth-order valence-corrected chi connectivity index (χ4v) is 1.67. The summed E-state index contributed by atoms with van der Waals surface area (Å²) in [7, 11) is 1.47. The van der Waals surface area contributed by atoms with Crippen molar-refractivity contribution >= 4 is 0 Å². The minimum atomic E-state index is -0.552. The van der Waals surface area contributed by atoms with E-state index in [1.165, 1.54) is 7.11 Å². The third-order valence-electron chi connectivity index (χ3n) is 2.68. The van der Waals surface area contributed by atoms with Gasteiger partial charge in [-0.1, -0.05) is 6.07 Å². The second-order valence-electron chi connectivity index (χ2n) is 4.02. The van der Waals surface area contributed by atoms with Gasteiger partial charge in [0.25, 0.3) is 0 Å². The van der Waals surface area contributed by atoms with E-state index in [2.05, 4.69) is 4.98 Å². The molecule has 1 aromatic heterocycles. The van der Waals surface area contributed by atoms with E-state index in [1.807, 2.05) is 0 Å². The molecule has 0 atom stereocenters. The lowest BCUT2D eigenvalue weighted by molar-refractivity contribution is 0.272. The van der Waals surface area contributed by atoms with Gasteiger partial charge < -0.3 is 19.7 Å². The molecule has 0 spiro atoms. The van der Waals surface area contributed by atoms with Crippen molar-refractivity contribution in [2.24, 2.45) is 0 Å². The van der Waals surface area contributed by atoms with E-state index < -0.39 is 12.4 Å². The SMILES string of the molecule is COc1cc(CO)ccc1Oc1ncc(F)cc1CO. The Hall–Kier alpha value is -2.18. The number of halogens is 1. The Morgan fingerprint density at radius 2 is 1.95 bits per heavy atom. The normalized spacial score (nSPS) is 10.4. The molecule has 5 nitrogen and oxygen atoms in total. The van der Waals surface area contributed by atoms with E-state index in [4.69, 9.17) is 14.6 Å². The zero-order chi connectivity index (χ0) is 14.5. The van der Waals surface area contributed by atoms with Gasteiger partial charge in [0.1, 0.15) is 5.82 Å². The van der Waals surface area contributed by atoms with E-state index in [0.717, 1.165) is 12.3 Å². The van der Waals surface area contributed by atoms with Crippen molar-refractivity contribution in [1.29, 1.82) is 0 Å². The lowest BCUT2D eigenvalue weighted by atomic mass is 10.2. The van der Waals surface area contributed by atoms with Gasteiger partial charge in [-0.25, -0.2) is 9.37 Å². The van der Waals surface area contributed by atoms with E-state index in [0.29, 0.717) is 17.1 Å². The average molecular weight is 279 g/mol. The second kappa shape index (κ2) is 6.31. The number of hydrogen-bond acceptors (Lipinski definition) is 5. The number of pyridine rings is 1. The minimum absolute atomic E-state index is 0.101. The molecule has 1 aromatic carbocycles. The highest BCUT2D eigenvalue weighted by Crippen LogP contribution is 2.33. The van der Waals surface area contributed by atoms with Crippen LogP contribution in [0.25, 0.3) is 0 Å². The third-order valence-corrected chi connectivity index (χ3v) is 2.68. The van der Waals surface area contributed by atoms with Crippen LogP contribution in [0.15, 0.2) is 30.5 Å². The van der Waals surface area contributed by atoms with Crippen LogP contribution >= 0.6 is 0 Å². The zero-order valence-corrected chi connectivity index (χ0v) is 10.8. The summed E-state index contributed by atoms with van der Waals surface area (Å²) in [5, 5.41) is 18.2. The summed E-state index contributed by atoms with van der Waals surface area (Å²) in [6.45, 7) is -0.509. The van der Waals surface area contributed by atoms with E-state index in [1.54, 1.807) is 18.2 Å².